The molecule has 4 nitrogen and oxygen atoms in total. The van der Waals surface area contributed by atoms with Crippen LogP contribution in [0.5, 0.6) is 0 Å². The molecule has 4 heteroatoms. The SMILES string of the molecule is COCCN(CC(=O)Nc1cccc(C(C)C)c1)Cc1ccccc1. The zero-order valence-corrected chi connectivity index (χ0v) is 15.4. The molecule has 1 N–H and O–H groups in total. The van der Waals surface area contributed by atoms with E-state index in [1.165, 1.54) is 11.1 Å². The van der Waals surface area contributed by atoms with Crippen LogP contribution in [0.4, 0.5) is 5.69 Å². The van der Waals surface area contributed by atoms with Crippen molar-refractivity contribution in [1.82, 2.24) is 4.90 Å². The Labute approximate surface area is 150 Å². The predicted octanol–water partition coefficient (Wildman–Crippen LogP) is 3.90. The van der Waals surface area contributed by atoms with E-state index in [2.05, 4.69) is 42.3 Å². The third-order valence-electron chi connectivity index (χ3n) is 4.06. The van der Waals surface area contributed by atoms with Gasteiger partial charge in [-0.3, -0.25) is 9.69 Å². The van der Waals surface area contributed by atoms with Gasteiger partial charge >= 0.3 is 0 Å². The summed E-state index contributed by atoms with van der Waals surface area (Å²) < 4.78 is 5.18. The smallest absolute Gasteiger partial charge is 0.238 e. The van der Waals surface area contributed by atoms with Gasteiger partial charge in [-0.2, -0.15) is 0 Å². The second-order valence-electron chi connectivity index (χ2n) is 6.52. The van der Waals surface area contributed by atoms with E-state index in [1.54, 1.807) is 7.11 Å². The summed E-state index contributed by atoms with van der Waals surface area (Å²) in [5.41, 5.74) is 3.26. The topological polar surface area (TPSA) is 41.6 Å². The first kappa shape index (κ1) is 19.2. The molecule has 0 unspecified atom stereocenters. The lowest BCUT2D eigenvalue weighted by molar-refractivity contribution is -0.117. The highest BCUT2D eigenvalue weighted by Crippen LogP contribution is 2.18. The fourth-order valence-electron chi connectivity index (χ4n) is 2.66. The van der Waals surface area contributed by atoms with E-state index in [1.807, 2.05) is 36.4 Å². The molecule has 0 atom stereocenters. The van der Waals surface area contributed by atoms with Crippen molar-refractivity contribution in [2.24, 2.45) is 0 Å². The maximum atomic E-state index is 12.5. The Hall–Kier alpha value is -2.17. The van der Waals surface area contributed by atoms with E-state index in [9.17, 15) is 4.79 Å². The Balaban J connectivity index is 1.97. The van der Waals surface area contributed by atoms with Gasteiger partial charge in [-0.25, -0.2) is 0 Å². The first-order valence-corrected chi connectivity index (χ1v) is 8.73. The van der Waals surface area contributed by atoms with Crippen molar-refractivity contribution in [3.8, 4) is 0 Å². The van der Waals surface area contributed by atoms with Crippen molar-refractivity contribution < 1.29 is 9.53 Å². The van der Waals surface area contributed by atoms with Crippen LogP contribution in [0, 0.1) is 0 Å². The molecule has 0 aliphatic heterocycles. The lowest BCUT2D eigenvalue weighted by atomic mass is 10.0. The largest absolute Gasteiger partial charge is 0.383 e. The fourth-order valence-corrected chi connectivity index (χ4v) is 2.66. The summed E-state index contributed by atoms with van der Waals surface area (Å²) in [5.74, 6) is 0.432. The number of anilines is 1. The molecule has 0 aliphatic rings. The maximum Gasteiger partial charge on any atom is 0.238 e. The van der Waals surface area contributed by atoms with Crippen LogP contribution in [0.25, 0.3) is 0 Å². The molecule has 134 valence electrons. The molecular weight excluding hydrogens is 312 g/mol. The number of hydrogen-bond donors (Lipinski definition) is 1. The van der Waals surface area contributed by atoms with Gasteiger partial charge in [0, 0.05) is 25.9 Å². The standard InChI is InChI=1S/C21H28N2O2/c1-17(2)19-10-7-11-20(14-19)22-21(24)16-23(12-13-25-3)15-18-8-5-4-6-9-18/h4-11,14,17H,12-13,15-16H2,1-3H3,(H,22,24). The molecule has 2 aromatic carbocycles. The minimum atomic E-state index is -0.00654. The average molecular weight is 340 g/mol. The molecule has 0 saturated heterocycles. The van der Waals surface area contributed by atoms with Crippen LogP contribution in [0.2, 0.25) is 0 Å². The van der Waals surface area contributed by atoms with Crippen molar-refractivity contribution in [3.05, 3.63) is 65.7 Å². The number of rotatable bonds is 9. The number of benzene rings is 2. The maximum absolute atomic E-state index is 12.5. The number of nitrogens with zero attached hydrogens (tertiary/aromatic N) is 1. The van der Waals surface area contributed by atoms with Crippen molar-refractivity contribution in [3.63, 3.8) is 0 Å². The van der Waals surface area contributed by atoms with Gasteiger partial charge in [0.15, 0.2) is 0 Å². The monoisotopic (exact) mass is 340 g/mol. The Morgan fingerprint density at radius 1 is 1.12 bits per heavy atom. The van der Waals surface area contributed by atoms with Crippen LogP contribution in [0.3, 0.4) is 0 Å². The Bertz CT molecular complexity index is 656. The number of hydrogen-bond acceptors (Lipinski definition) is 3. The van der Waals surface area contributed by atoms with E-state index in [-0.39, 0.29) is 5.91 Å². The molecule has 2 aromatic rings. The number of amides is 1. The van der Waals surface area contributed by atoms with Gasteiger partial charge < -0.3 is 10.1 Å². The van der Waals surface area contributed by atoms with E-state index in [0.717, 1.165) is 12.2 Å². The number of carbonyl (C=O) groups excluding carboxylic acids is 1. The van der Waals surface area contributed by atoms with Crippen LogP contribution >= 0.6 is 0 Å². The molecule has 0 heterocycles. The first-order valence-electron chi connectivity index (χ1n) is 8.73. The molecule has 0 radical (unpaired) electrons. The van der Waals surface area contributed by atoms with E-state index in [0.29, 0.717) is 25.6 Å². The first-order chi connectivity index (χ1) is 12.1. The van der Waals surface area contributed by atoms with Gasteiger partial charge in [-0.05, 0) is 29.2 Å². The van der Waals surface area contributed by atoms with Crippen LogP contribution in [-0.2, 0) is 16.1 Å². The highest BCUT2D eigenvalue weighted by Gasteiger charge is 2.12. The molecule has 0 saturated carbocycles. The molecule has 2 rings (SSSR count). The number of methoxy groups -OCH3 is 1. The van der Waals surface area contributed by atoms with Gasteiger partial charge in [0.05, 0.1) is 13.2 Å². The molecular formula is C21H28N2O2. The Morgan fingerprint density at radius 3 is 2.56 bits per heavy atom. The highest BCUT2D eigenvalue weighted by atomic mass is 16.5. The second kappa shape index (κ2) is 9.97. The lowest BCUT2D eigenvalue weighted by Crippen LogP contribution is -2.35. The van der Waals surface area contributed by atoms with Crippen LogP contribution in [0.1, 0.15) is 30.9 Å². The summed E-state index contributed by atoms with van der Waals surface area (Å²) >= 11 is 0. The zero-order valence-electron chi connectivity index (χ0n) is 15.4. The van der Waals surface area contributed by atoms with Crippen molar-refractivity contribution in [1.29, 1.82) is 0 Å². The molecule has 0 aliphatic carbocycles. The lowest BCUT2D eigenvalue weighted by Gasteiger charge is -2.21. The average Bonchev–Trinajstić information content (AvgIpc) is 2.60. The number of ether oxygens (including phenoxy) is 1. The van der Waals surface area contributed by atoms with Gasteiger partial charge in [-0.15, -0.1) is 0 Å². The molecule has 1 amide bonds. The van der Waals surface area contributed by atoms with E-state index >= 15 is 0 Å². The zero-order chi connectivity index (χ0) is 18.1. The molecule has 0 bridgehead atoms. The van der Waals surface area contributed by atoms with Gasteiger partial charge in [0.2, 0.25) is 5.91 Å². The normalized spacial score (nSPS) is 11.1. The highest BCUT2D eigenvalue weighted by molar-refractivity contribution is 5.92. The third kappa shape index (κ3) is 6.69. The van der Waals surface area contributed by atoms with Crippen LogP contribution < -0.4 is 5.32 Å². The molecule has 0 spiro atoms. The van der Waals surface area contributed by atoms with Crippen molar-refractivity contribution >= 4 is 11.6 Å². The van der Waals surface area contributed by atoms with Crippen molar-refractivity contribution in [2.75, 3.05) is 32.1 Å². The minimum Gasteiger partial charge on any atom is -0.383 e. The second-order valence-corrected chi connectivity index (χ2v) is 6.52. The summed E-state index contributed by atoms with van der Waals surface area (Å²) in [6, 6.07) is 18.2. The summed E-state index contributed by atoms with van der Waals surface area (Å²) in [7, 11) is 1.68. The minimum absolute atomic E-state index is 0.00654. The van der Waals surface area contributed by atoms with Gasteiger partial charge in [0.25, 0.3) is 0 Å². The van der Waals surface area contributed by atoms with Crippen LogP contribution in [0.15, 0.2) is 54.6 Å². The summed E-state index contributed by atoms with van der Waals surface area (Å²) in [6.45, 7) is 6.67. The van der Waals surface area contributed by atoms with E-state index in [4.69, 9.17) is 4.74 Å². The van der Waals surface area contributed by atoms with Gasteiger partial charge in [-0.1, -0.05) is 56.3 Å². The number of carbonyl (C=O) groups is 1. The predicted molar refractivity (Wildman–Crippen MR) is 103 cm³/mol. The Morgan fingerprint density at radius 2 is 1.88 bits per heavy atom. The fraction of sp³-hybridized carbons (Fsp3) is 0.381. The molecule has 0 fully saturated rings. The molecule has 0 aromatic heterocycles. The molecule has 25 heavy (non-hydrogen) atoms. The van der Waals surface area contributed by atoms with Crippen LogP contribution in [-0.4, -0.2) is 37.6 Å². The third-order valence-corrected chi connectivity index (χ3v) is 4.06. The summed E-state index contributed by atoms with van der Waals surface area (Å²) in [4.78, 5) is 14.6. The number of nitrogens with one attached hydrogen (secondary N) is 1. The van der Waals surface area contributed by atoms with Gasteiger partial charge in [0.1, 0.15) is 0 Å². The summed E-state index contributed by atoms with van der Waals surface area (Å²) in [6.07, 6.45) is 0. The van der Waals surface area contributed by atoms with E-state index < -0.39 is 0 Å². The summed E-state index contributed by atoms with van der Waals surface area (Å²) in [5, 5.41) is 3.01. The van der Waals surface area contributed by atoms with Crippen molar-refractivity contribution in [2.45, 2.75) is 26.3 Å². The quantitative estimate of drug-likeness (QED) is 0.753. The Kier molecular flexibility index (Phi) is 7.64.